The molecule has 0 unspecified atom stereocenters. The zero-order valence-electron chi connectivity index (χ0n) is 11.0. The second-order valence-electron chi connectivity index (χ2n) is 3.89. The van der Waals surface area contributed by atoms with Gasteiger partial charge in [-0.05, 0) is 24.7 Å². The quantitative estimate of drug-likeness (QED) is 0.761. The molecule has 2 N–H and O–H groups in total. The SMILES string of the molecule is CCNCCNS(=O)(=O)c1ccc(Cl)c(C(F)(F)F)c1.Cl. The minimum Gasteiger partial charge on any atom is -0.316 e. The molecule has 0 spiro atoms. The van der Waals surface area contributed by atoms with E-state index in [1.54, 1.807) is 0 Å². The monoisotopic (exact) mass is 366 g/mol. The molecule has 10 heteroatoms. The minimum atomic E-state index is -4.70. The van der Waals surface area contributed by atoms with E-state index in [0.29, 0.717) is 19.2 Å². The fraction of sp³-hybridized carbons (Fsp3) is 0.455. The second-order valence-corrected chi connectivity index (χ2v) is 6.06. The Morgan fingerprint density at radius 1 is 1.24 bits per heavy atom. The molecule has 4 nitrogen and oxygen atoms in total. The van der Waals surface area contributed by atoms with Crippen molar-refractivity contribution >= 4 is 34.0 Å². The summed E-state index contributed by atoms with van der Waals surface area (Å²) in [7, 11) is -3.99. The summed E-state index contributed by atoms with van der Waals surface area (Å²) in [6.07, 6.45) is -4.70. The highest BCUT2D eigenvalue weighted by Crippen LogP contribution is 2.35. The highest BCUT2D eigenvalue weighted by molar-refractivity contribution is 7.89. The lowest BCUT2D eigenvalue weighted by Gasteiger charge is -2.12. The predicted molar refractivity (Wildman–Crippen MR) is 77.4 cm³/mol. The van der Waals surface area contributed by atoms with E-state index < -0.39 is 31.7 Å². The second kappa shape index (κ2) is 8.19. The first kappa shape index (κ1) is 20.5. The summed E-state index contributed by atoms with van der Waals surface area (Å²) < 4.78 is 63.9. The fourth-order valence-corrected chi connectivity index (χ4v) is 2.71. The van der Waals surface area contributed by atoms with Crippen molar-refractivity contribution < 1.29 is 21.6 Å². The van der Waals surface area contributed by atoms with Crippen molar-refractivity contribution in [3.05, 3.63) is 28.8 Å². The van der Waals surface area contributed by atoms with Crippen molar-refractivity contribution in [2.24, 2.45) is 0 Å². The van der Waals surface area contributed by atoms with Gasteiger partial charge in [0.05, 0.1) is 15.5 Å². The molecule has 0 aliphatic carbocycles. The van der Waals surface area contributed by atoms with Crippen LogP contribution >= 0.6 is 24.0 Å². The van der Waals surface area contributed by atoms with Crippen LogP contribution in [0.4, 0.5) is 13.2 Å². The van der Waals surface area contributed by atoms with E-state index >= 15 is 0 Å². The van der Waals surface area contributed by atoms with Crippen LogP contribution in [0.1, 0.15) is 12.5 Å². The molecule has 0 heterocycles. The number of hydrogen-bond acceptors (Lipinski definition) is 3. The van der Waals surface area contributed by atoms with E-state index in [-0.39, 0.29) is 19.0 Å². The van der Waals surface area contributed by atoms with Gasteiger partial charge in [0.1, 0.15) is 0 Å². The molecule has 0 aliphatic heterocycles. The van der Waals surface area contributed by atoms with Crippen LogP contribution in [0.25, 0.3) is 0 Å². The molecule has 1 aromatic rings. The smallest absolute Gasteiger partial charge is 0.316 e. The summed E-state index contributed by atoms with van der Waals surface area (Å²) in [5.41, 5.74) is -1.17. The van der Waals surface area contributed by atoms with Crippen molar-refractivity contribution in [2.45, 2.75) is 18.0 Å². The van der Waals surface area contributed by atoms with Gasteiger partial charge < -0.3 is 5.32 Å². The number of halogens is 5. The van der Waals surface area contributed by atoms with Gasteiger partial charge in [-0.25, -0.2) is 13.1 Å². The van der Waals surface area contributed by atoms with Crippen LogP contribution < -0.4 is 10.0 Å². The summed E-state index contributed by atoms with van der Waals surface area (Å²) in [5, 5.41) is 2.35. The molecule has 0 aromatic heterocycles. The zero-order chi connectivity index (χ0) is 15.4. The van der Waals surface area contributed by atoms with Gasteiger partial charge in [0.25, 0.3) is 0 Å². The highest BCUT2D eigenvalue weighted by Gasteiger charge is 2.34. The lowest BCUT2D eigenvalue weighted by Crippen LogP contribution is -2.31. The molecule has 0 saturated carbocycles. The van der Waals surface area contributed by atoms with E-state index in [1.165, 1.54) is 0 Å². The van der Waals surface area contributed by atoms with Crippen molar-refractivity contribution in [3.63, 3.8) is 0 Å². The molecule has 1 aromatic carbocycles. The van der Waals surface area contributed by atoms with E-state index in [1.807, 2.05) is 6.92 Å². The van der Waals surface area contributed by atoms with Gasteiger partial charge in [0.15, 0.2) is 0 Å². The number of likely N-dealkylation sites (N-methyl/N-ethyl adjacent to an activating group) is 1. The van der Waals surface area contributed by atoms with Crippen molar-refractivity contribution in [2.75, 3.05) is 19.6 Å². The Morgan fingerprint density at radius 2 is 1.86 bits per heavy atom. The summed E-state index contributed by atoms with van der Waals surface area (Å²) >= 11 is 5.43. The van der Waals surface area contributed by atoms with Crippen molar-refractivity contribution in [1.29, 1.82) is 0 Å². The maximum absolute atomic E-state index is 12.7. The molecule has 0 fully saturated rings. The van der Waals surface area contributed by atoms with Crippen LogP contribution in [0, 0.1) is 0 Å². The largest absolute Gasteiger partial charge is 0.417 e. The van der Waals surface area contributed by atoms with Gasteiger partial charge in [-0.2, -0.15) is 13.2 Å². The van der Waals surface area contributed by atoms with Crippen LogP contribution in [0.2, 0.25) is 5.02 Å². The lowest BCUT2D eigenvalue weighted by atomic mass is 10.2. The average Bonchev–Trinajstić information content (AvgIpc) is 2.33. The third-order valence-corrected chi connectivity index (χ3v) is 4.19. The Bertz CT molecular complexity index is 565. The Balaban J connectivity index is 0.00000400. The Labute approximate surface area is 132 Å². The van der Waals surface area contributed by atoms with Gasteiger partial charge in [-0.3, -0.25) is 0 Å². The number of sulfonamides is 1. The van der Waals surface area contributed by atoms with Crippen molar-refractivity contribution in [1.82, 2.24) is 10.0 Å². The first-order chi connectivity index (χ1) is 9.18. The van der Waals surface area contributed by atoms with Gasteiger partial charge >= 0.3 is 6.18 Å². The number of alkyl halides is 3. The number of rotatable bonds is 6. The number of hydrogen-bond donors (Lipinski definition) is 2. The summed E-state index contributed by atoms with van der Waals surface area (Å²) in [4.78, 5) is -0.467. The maximum atomic E-state index is 12.7. The molecule has 122 valence electrons. The molecule has 0 aliphatic rings. The highest BCUT2D eigenvalue weighted by atomic mass is 35.5. The van der Waals surface area contributed by atoms with Crippen LogP contribution in [-0.4, -0.2) is 28.1 Å². The first-order valence-corrected chi connectivity index (χ1v) is 7.61. The van der Waals surface area contributed by atoms with E-state index in [9.17, 15) is 21.6 Å². The van der Waals surface area contributed by atoms with Crippen LogP contribution in [-0.2, 0) is 16.2 Å². The predicted octanol–water partition coefficient (Wildman–Crippen LogP) is 2.67. The Hall–Kier alpha value is -0.540. The third kappa shape index (κ3) is 5.99. The van der Waals surface area contributed by atoms with Gasteiger partial charge in [0, 0.05) is 13.1 Å². The number of nitrogens with one attached hydrogen (secondary N) is 2. The molecule has 0 amide bonds. The zero-order valence-corrected chi connectivity index (χ0v) is 13.4. The van der Waals surface area contributed by atoms with Crippen LogP contribution in [0.15, 0.2) is 23.1 Å². The topological polar surface area (TPSA) is 58.2 Å². The molecule has 0 saturated heterocycles. The number of benzene rings is 1. The maximum Gasteiger partial charge on any atom is 0.417 e. The fourth-order valence-electron chi connectivity index (χ4n) is 1.42. The standard InChI is InChI=1S/C11H14ClF3N2O2S.ClH/c1-2-16-5-6-17-20(18,19)8-3-4-10(12)9(7-8)11(13,14)15;/h3-4,7,16-17H,2,5-6H2,1H3;1H. The Morgan fingerprint density at radius 3 is 2.38 bits per heavy atom. The van der Waals surface area contributed by atoms with Gasteiger partial charge in [-0.1, -0.05) is 18.5 Å². The van der Waals surface area contributed by atoms with Gasteiger partial charge in [0.2, 0.25) is 10.0 Å². The summed E-state index contributed by atoms with van der Waals surface area (Å²) in [5.74, 6) is 0. The first-order valence-electron chi connectivity index (χ1n) is 5.75. The molecule has 0 atom stereocenters. The van der Waals surface area contributed by atoms with Gasteiger partial charge in [-0.15, -0.1) is 12.4 Å². The van der Waals surface area contributed by atoms with Crippen molar-refractivity contribution in [3.8, 4) is 0 Å². The van der Waals surface area contributed by atoms with E-state index in [0.717, 1.165) is 12.1 Å². The average molecular weight is 367 g/mol. The molecule has 21 heavy (non-hydrogen) atoms. The molecule has 0 radical (unpaired) electrons. The van der Waals surface area contributed by atoms with E-state index in [2.05, 4.69) is 10.0 Å². The normalized spacial score (nSPS) is 12.0. The minimum absolute atomic E-state index is 0. The van der Waals surface area contributed by atoms with Crippen LogP contribution in [0.3, 0.4) is 0 Å². The molecular weight excluding hydrogens is 352 g/mol. The molecule has 0 bridgehead atoms. The molecule has 1 rings (SSSR count). The summed E-state index contributed by atoms with van der Waals surface area (Å²) in [6.45, 7) is 2.99. The third-order valence-electron chi connectivity index (χ3n) is 2.40. The Kier molecular flexibility index (Phi) is 7.98. The molecular formula is C11H15Cl2F3N2O2S. The lowest BCUT2D eigenvalue weighted by molar-refractivity contribution is -0.137. The van der Waals surface area contributed by atoms with E-state index in [4.69, 9.17) is 11.6 Å². The summed E-state index contributed by atoms with van der Waals surface area (Å²) in [6, 6.07) is 2.48. The van der Waals surface area contributed by atoms with Crippen LogP contribution in [0.5, 0.6) is 0 Å².